The van der Waals surface area contributed by atoms with Crippen molar-refractivity contribution in [2.45, 2.75) is 32.7 Å². The second-order valence-corrected chi connectivity index (χ2v) is 5.05. The molecule has 17 heavy (non-hydrogen) atoms. The van der Waals surface area contributed by atoms with Crippen molar-refractivity contribution in [3.8, 4) is 0 Å². The second kappa shape index (κ2) is 4.92. The van der Waals surface area contributed by atoms with E-state index in [4.69, 9.17) is 4.42 Å². The third-order valence-corrected chi connectivity index (χ3v) is 3.46. The molecule has 2 unspecified atom stereocenters. The summed E-state index contributed by atoms with van der Waals surface area (Å²) in [6.07, 6.45) is 3.62. The Labute approximate surface area is 102 Å². The van der Waals surface area contributed by atoms with Crippen molar-refractivity contribution in [3.63, 3.8) is 0 Å². The number of hydrogen-bond donors (Lipinski definition) is 2. The summed E-state index contributed by atoms with van der Waals surface area (Å²) in [7, 11) is 0. The van der Waals surface area contributed by atoms with Crippen LogP contribution in [0.5, 0.6) is 0 Å². The number of piperidine rings is 1. The van der Waals surface area contributed by atoms with Gasteiger partial charge in [-0.2, -0.15) is 0 Å². The van der Waals surface area contributed by atoms with Gasteiger partial charge < -0.3 is 15.1 Å². The van der Waals surface area contributed by atoms with Crippen LogP contribution < -0.4 is 10.6 Å². The lowest BCUT2D eigenvalue weighted by molar-refractivity contribution is -0.131. The Morgan fingerprint density at radius 2 is 2.47 bits per heavy atom. The molecule has 2 atom stereocenters. The fourth-order valence-electron chi connectivity index (χ4n) is 2.23. The van der Waals surface area contributed by atoms with Crippen molar-refractivity contribution in [1.82, 2.24) is 10.6 Å². The molecule has 4 heteroatoms. The van der Waals surface area contributed by atoms with E-state index in [-0.39, 0.29) is 17.4 Å². The largest absolute Gasteiger partial charge is 0.467 e. The van der Waals surface area contributed by atoms with Gasteiger partial charge in [0.1, 0.15) is 5.76 Å². The van der Waals surface area contributed by atoms with E-state index in [0.29, 0.717) is 0 Å². The Morgan fingerprint density at radius 3 is 3.06 bits per heavy atom. The van der Waals surface area contributed by atoms with Crippen LogP contribution >= 0.6 is 0 Å². The standard InChI is InChI=1S/C13H20N2O2/c1-10(11-5-3-8-17-11)15-12(16)13(2)6-4-7-14-9-13/h3,5,8,10,14H,4,6-7,9H2,1-2H3,(H,15,16). The first kappa shape index (κ1) is 12.2. The molecule has 4 nitrogen and oxygen atoms in total. The molecule has 2 heterocycles. The van der Waals surface area contributed by atoms with Gasteiger partial charge in [0.2, 0.25) is 5.91 Å². The number of amides is 1. The zero-order chi connectivity index (χ0) is 12.3. The number of furan rings is 1. The Balaban J connectivity index is 1.96. The van der Waals surface area contributed by atoms with E-state index < -0.39 is 0 Å². The van der Waals surface area contributed by atoms with Crippen LogP contribution in [0, 0.1) is 5.41 Å². The van der Waals surface area contributed by atoms with Gasteiger partial charge in [0.05, 0.1) is 17.7 Å². The molecular weight excluding hydrogens is 216 g/mol. The van der Waals surface area contributed by atoms with Crippen LogP contribution in [0.15, 0.2) is 22.8 Å². The normalized spacial score (nSPS) is 26.5. The molecule has 1 aromatic heterocycles. The van der Waals surface area contributed by atoms with Crippen LogP contribution in [0.25, 0.3) is 0 Å². The van der Waals surface area contributed by atoms with Crippen molar-refractivity contribution < 1.29 is 9.21 Å². The average Bonchev–Trinajstić information content (AvgIpc) is 2.83. The first-order chi connectivity index (χ1) is 8.12. The van der Waals surface area contributed by atoms with Crippen LogP contribution in [-0.4, -0.2) is 19.0 Å². The molecule has 0 aromatic carbocycles. The first-order valence-corrected chi connectivity index (χ1v) is 6.17. The highest BCUT2D eigenvalue weighted by atomic mass is 16.3. The minimum Gasteiger partial charge on any atom is -0.467 e. The van der Waals surface area contributed by atoms with Crippen molar-refractivity contribution in [2.24, 2.45) is 5.41 Å². The molecule has 0 saturated carbocycles. The molecule has 0 radical (unpaired) electrons. The number of rotatable bonds is 3. The van der Waals surface area contributed by atoms with Crippen LogP contribution in [0.2, 0.25) is 0 Å². The zero-order valence-electron chi connectivity index (χ0n) is 10.5. The highest BCUT2D eigenvalue weighted by molar-refractivity contribution is 5.82. The van der Waals surface area contributed by atoms with Gasteiger partial charge in [0.15, 0.2) is 0 Å². The zero-order valence-corrected chi connectivity index (χ0v) is 10.5. The summed E-state index contributed by atoms with van der Waals surface area (Å²) in [5.74, 6) is 0.902. The van der Waals surface area contributed by atoms with Gasteiger partial charge in [-0.05, 0) is 45.4 Å². The van der Waals surface area contributed by atoms with Crippen LogP contribution in [-0.2, 0) is 4.79 Å². The maximum atomic E-state index is 12.2. The van der Waals surface area contributed by atoms with Gasteiger partial charge in [-0.15, -0.1) is 0 Å². The lowest BCUT2D eigenvalue weighted by atomic mass is 9.81. The molecule has 1 aliphatic rings. The molecule has 94 valence electrons. The summed E-state index contributed by atoms with van der Waals surface area (Å²) in [4.78, 5) is 12.2. The van der Waals surface area contributed by atoms with Gasteiger partial charge in [-0.25, -0.2) is 0 Å². The van der Waals surface area contributed by atoms with Gasteiger partial charge in [0, 0.05) is 6.54 Å². The summed E-state index contributed by atoms with van der Waals surface area (Å²) in [6.45, 7) is 5.72. The summed E-state index contributed by atoms with van der Waals surface area (Å²) < 4.78 is 5.29. The summed E-state index contributed by atoms with van der Waals surface area (Å²) >= 11 is 0. The van der Waals surface area contributed by atoms with E-state index in [0.717, 1.165) is 31.7 Å². The molecule has 0 bridgehead atoms. The van der Waals surface area contributed by atoms with E-state index in [1.807, 2.05) is 26.0 Å². The Bertz CT molecular complexity index is 367. The molecule has 0 spiro atoms. The third kappa shape index (κ3) is 2.69. The van der Waals surface area contributed by atoms with Crippen molar-refractivity contribution in [1.29, 1.82) is 0 Å². The predicted molar refractivity (Wildman–Crippen MR) is 65.5 cm³/mol. The van der Waals surface area contributed by atoms with Crippen molar-refractivity contribution >= 4 is 5.91 Å². The van der Waals surface area contributed by atoms with Crippen LogP contribution in [0.4, 0.5) is 0 Å². The van der Waals surface area contributed by atoms with Crippen LogP contribution in [0.3, 0.4) is 0 Å². The predicted octanol–water partition coefficient (Wildman–Crippen LogP) is 1.85. The smallest absolute Gasteiger partial charge is 0.227 e. The Kier molecular flexibility index (Phi) is 3.52. The molecule has 1 fully saturated rings. The molecule has 1 amide bonds. The lowest BCUT2D eigenvalue weighted by Gasteiger charge is -2.33. The average molecular weight is 236 g/mol. The molecule has 0 aliphatic carbocycles. The van der Waals surface area contributed by atoms with Gasteiger partial charge in [-0.3, -0.25) is 4.79 Å². The molecule has 2 N–H and O–H groups in total. The number of carbonyl (C=O) groups is 1. The van der Waals surface area contributed by atoms with E-state index in [9.17, 15) is 4.79 Å². The minimum absolute atomic E-state index is 0.0729. The van der Waals surface area contributed by atoms with Gasteiger partial charge in [-0.1, -0.05) is 0 Å². The lowest BCUT2D eigenvalue weighted by Crippen LogP contribution is -2.49. The fraction of sp³-hybridized carbons (Fsp3) is 0.615. The third-order valence-electron chi connectivity index (χ3n) is 3.46. The number of hydrogen-bond acceptors (Lipinski definition) is 3. The van der Waals surface area contributed by atoms with E-state index >= 15 is 0 Å². The maximum absolute atomic E-state index is 12.2. The SMILES string of the molecule is CC(NC(=O)C1(C)CCCNC1)c1ccco1. The summed E-state index contributed by atoms with van der Waals surface area (Å²) in [6, 6.07) is 3.64. The monoisotopic (exact) mass is 236 g/mol. The fourth-order valence-corrected chi connectivity index (χ4v) is 2.23. The molecule has 1 saturated heterocycles. The van der Waals surface area contributed by atoms with E-state index in [2.05, 4.69) is 10.6 Å². The Morgan fingerprint density at radius 1 is 1.65 bits per heavy atom. The topological polar surface area (TPSA) is 54.3 Å². The molecular formula is C13H20N2O2. The van der Waals surface area contributed by atoms with E-state index in [1.165, 1.54) is 0 Å². The molecule has 1 aliphatic heterocycles. The second-order valence-electron chi connectivity index (χ2n) is 5.05. The van der Waals surface area contributed by atoms with Crippen molar-refractivity contribution in [3.05, 3.63) is 24.2 Å². The van der Waals surface area contributed by atoms with Crippen molar-refractivity contribution in [2.75, 3.05) is 13.1 Å². The summed E-state index contributed by atoms with van der Waals surface area (Å²) in [5.41, 5.74) is -0.293. The maximum Gasteiger partial charge on any atom is 0.227 e. The van der Waals surface area contributed by atoms with E-state index in [1.54, 1.807) is 6.26 Å². The Hall–Kier alpha value is -1.29. The summed E-state index contributed by atoms with van der Waals surface area (Å²) in [5, 5.41) is 6.30. The highest BCUT2D eigenvalue weighted by Crippen LogP contribution is 2.26. The minimum atomic E-state index is -0.293. The highest BCUT2D eigenvalue weighted by Gasteiger charge is 2.35. The molecule has 2 rings (SSSR count). The first-order valence-electron chi connectivity index (χ1n) is 6.17. The van der Waals surface area contributed by atoms with Gasteiger partial charge >= 0.3 is 0 Å². The van der Waals surface area contributed by atoms with Gasteiger partial charge in [0.25, 0.3) is 0 Å². The molecule has 1 aromatic rings. The quantitative estimate of drug-likeness (QED) is 0.842. The number of nitrogens with one attached hydrogen (secondary N) is 2. The number of carbonyl (C=O) groups excluding carboxylic acids is 1. The van der Waals surface area contributed by atoms with Crippen LogP contribution in [0.1, 0.15) is 38.5 Å².